The monoisotopic (exact) mass is 254 g/mol. The van der Waals surface area contributed by atoms with Gasteiger partial charge in [0.1, 0.15) is 4.70 Å². The predicted octanol–water partition coefficient (Wildman–Crippen LogP) is 1.89. The Bertz CT molecular complexity index is 664. The maximum absolute atomic E-state index is 12.2. The van der Waals surface area contributed by atoms with Crippen LogP contribution in [0, 0.1) is 4.77 Å². The zero-order valence-corrected chi connectivity index (χ0v) is 10.2. The Morgan fingerprint density at radius 2 is 2.38 bits per heavy atom. The minimum atomic E-state index is -0.0137. The van der Waals surface area contributed by atoms with E-state index in [0.29, 0.717) is 21.2 Å². The summed E-state index contributed by atoms with van der Waals surface area (Å²) in [6, 6.07) is 0.292. The molecule has 7 heteroatoms. The molecule has 2 aromatic rings. The molecule has 5 nitrogen and oxygen atoms in total. The minimum Gasteiger partial charge on any atom is -0.365 e. The standard InChI is InChI=1S/C9H10N4OS2/c1-10-8-11-6-5(16-8)7(14)13(4-2-3-4)9(15)12-6/h4H,2-3H2,1H3,(H,10,11)(H,12,15). The van der Waals surface area contributed by atoms with Crippen LogP contribution in [0.15, 0.2) is 4.79 Å². The van der Waals surface area contributed by atoms with Crippen molar-refractivity contribution in [3.63, 3.8) is 0 Å². The van der Waals surface area contributed by atoms with Crippen LogP contribution >= 0.6 is 23.6 Å². The van der Waals surface area contributed by atoms with E-state index in [1.54, 1.807) is 11.6 Å². The van der Waals surface area contributed by atoms with E-state index in [9.17, 15) is 4.79 Å². The number of aromatic amines is 1. The number of hydrogen-bond acceptors (Lipinski definition) is 5. The lowest BCUT2D eigenvalue weighted by atomic mass is 10.5. The fourth-order valence-corrected chi connectivity index (χ4v) is 2.82. The summed E-state index contributed by atoms with van der Waals surface area (Å²) in [6.45, 7) is 0. The van der Waals surface area contributed by atoms with Gasteiger partial charge in [0.2, 0.25) is 0 Å². The summed E-state index contributed by atoms with van der Waals surface area (Å²) in [6.07, 6.45) is 2.08. The second kappa shape index (κ2) is 3.39. The van der Waals surface area contributed by atoms with Gasteiger partial charge < -0.3 is 10.3 Å². The van der Waals surface area contributed by atoms with Crippen molar-refractivity contribution >= 4 is 39.0 Å². The number of aromatic nitrogens is 3. The number of fused-ring (bicyclic) bond motifs is 1. The molecular formula is C9H10N4OS2. The summed E-state index contributed by atoms with van der Waals surface area (Å²) in [4.78, 5) is 19.4. The fraction of sp³-hybridized carbons (Fsp3) is 0.444. The molecule has 0 spiro atoms. The molecule has 0 amide bonds. The SMILES string of the molecule is CNc1nc2[nH]c(=S)n(C3CC3)c(=O)c2s1. The number of rotatable bonds is 2. The Labute approximate surface area is 100 Å². The summed E-state index contributed by atoms with van der Waals surface area (Å²) < 4.78 is 2.80. The molecule has 2 N–H and O–H groups in total. The molecule has 1 fully saturated rings. The highest BCUT2D eigenvalue weighted by atomic mass is 32.1. The second-order valence-corrected chi connectivity index (χ2v) is 5.17. The summed E-state index contributed by atoms with van der Waals surface area (Å²) in [5.74, 6) is 0. The number of nitrogens with zero attached hydrogens (tertiary/aromatic N) is 2. The normalized spacial score (nSPS) is 15.6. The highest BCUT2D eigenvalue weighted by Gasteiger charge is 2.27. The van der Waals surface area contributed by atoms with E-state index < -0.39 is 0 Å². The Hall–Kier alpha value is -1.21. The van der Waals surface area contributed by atoms with Gasteiger partial charge >= 0.3 is 0 Å². The molecule has 1 saturated carbocycles. The third-order valence-electron chi connectivity index (χ3n) is 2.61. The van der Waals surface area contributed by atoms with E-state index in [2.05, 4.69) is 15.3 Å². The second-order valence-electron chi connectivity index (χ2n) is 3.78. The summed E-state index contributed by atoms with van der Waals surface area (Å²) in [5, 5.41) is 3.66. The largest absolute Gasteiger partial charge is 0.365 e. The molecule has 0 bridgehead atoms. The number of H-pyrrole nitrogens is 1. The van der Waals surface area contributed by atoms with Crippen LogP contribution in [0.2, 0.25) is 0 Å². The van der Waals surface area contributed by atoms with Gasteiger partial charge in [-0.25, -0.2) is 4.98 Å². The van der Waals surface area contributed by atoms with Crippen molar-refractivity contribution in [3.8, 4) is 0 Å². The first-order valence-corrected chi connectivity index (χ1v) is 6.26. The van der Waals surface area contributed by atoms with Crippen LogP contribution in [0.25, 0.3) is 10.3 Å². The first-order valence-electron chi connectivity index (χ1n) is 5.04. The van der Waals surface area contributed by atoms with Crippen LogP contribution in [0.4, 0.5) is 5.13 Å². The van der Waals surface area contributed by atoms with E-state index in [4.69, 9.17) is 12.2 Å². The van der Waals surface area contributed by atoms with E-state index in [0.717, 1.165) is 18.0 Å². The van der Waals surface area contributed by atoms with Crippen molar-refractivity contribution in [2.24, 2.45) is 0 Å². The first kappa shape index (κ1) is 9.98. The third kappa shape index (κ3) is 1.39. The summed E-state index contributed by atoms with van der Waals surface area (Å²) in [5.41, 5.74) is 0.571. The molecule has 1 aliphatic rings. The van der Waals surface area contributed by atoms with Crippen LogP contribution < -0.4 is 10.9 Å². The van der Waals surface area contributed by atoms with Crippen LogP contribution in [0.5, 0.6) is 0 Å². The Morgan fingerprint density at radius 1 is 1.62 bits per heavy atom. The minimum absolute atomic E-state index is 0.0137. The smallest absolute Gasteiger partial charge is 0.274 e. The van der Waals surface area contributed by atoms with Gasteiger partial charge in [-0.1, -0.05) is 11.3 Å². The Balaban J connectivity index is 2.37. The van der Waals surface area contributed by atoms with E-state index >= 15 is 0 Å². The summed E-state index contributed by atoms with van der Waals surface area (Å²) >= 11 is 6.54. The maximum atomic E-state index is 12.2. The quantitative estimate of drug-likeness (QED) is 0.803. The molecule has 0 aliphatic heterocycles. The number of thiazole rings is 1. The molecule has 0 radical (unpaired) electrons. The molecule has 0 atom stereocenters. The van der Waals surface area contributed by atoms with Gasteiger partial charge in [-0.05, 0) is 25.1 Å². The third-order valence-corrected chi connectivity index (χ3v) is 3.97. The van der Waals surface area contributed by atoms with Crippen molar-refractivity contribution in [3.05, 3.63) is 15.1 Å². The van der Waals surface area contributed by atoms with Crippen molar-refractivity contribution < 1.29 is 0 Å². The van der Waals surface area contributed by atoms with E-state index in [1.165, 1.54) is 11.3 Å². The van der Waals surface area contributed by atoms with Crippen LogP contribution in [0.1, 0.15) is 18.9 Å². The van der Waals surface area contributed by atoms with Gasteiger partial charge in [0.15, 0.2) is 15.5 Å². The first-order chi connectivity index (χ1) is 7.70. The van der Waals surface area contributed by atoms with Crippen molar-refractivity contribution in [2.45, 2.75) is 18.9 Å². The zero-order chi connectivity index (χ0) is 11.3. The average Bonchev–Trinajstić information content (AvgIpc) is 2.98. The molecule has 0 saturated heterocycles. The van der Waals surface area contributed by atoms with E-state index in [-0.39, 0.29) is 5.56 Å². The highest BCUT2D eigenvalue weighted by Crippen LogP contribution is 2.34. The number of hydrogen-bond donors (Lipinski definition) is 2. The molecule has 16 heavy (non-hydrogen) atoms. The van der Waals surface area contributed by atoms with Crippen molar-refractivity contribution in [1.29, 1.82) is 0 Å². The van der Waals surface area contributed by atoms with Crippen molar-refractivity contribution in [2.75, 3.05) is 12.4 Å². The number of nitrogens with one attached hydrogen (secondary N) is 2. The van der Waals surface area contributed by atoms with Crippen molar-refractivity contribution in [1.82, 2.24) is 14.5 Å². The topological polar surface area (TPSA) is 62.7 Å². The Morgan fingerprint density at radius 3 is 3.00 bits per heavy atom. The Kier molecular flexibility index (Phi) is 2.11. The lowest BCUT2D eigenvalue weighted by Crippen LogP contribution is -2.20. The molecule has 0 unspecified atom stereocenters. The molecule has 84 valence electrons. The van der Waals surface area contributed by atoms with Gasteiger partial charge in [-0.3, -0.25) is 9.36 Å². The lowest BCUT2D eigenvalue weighted by Gasteiger charge is -2.01. The molecule has 2 heterocycles. The highest BCUT2D eigenvalue weighted by molar-refractivity contribution is 7.71. The average molecular weight is 254 g/mol. The van der Waals surface area contributed by atoms with E-state index in [1.807, 2.05) is 0 Å². The van der Waals surface area contributed by atoms with Crippen LogP contribution in [-0.4, -0.2) is 21.6 Å². The lowest BCUT2D eigenvalue weighted by molar-refractivity contribution is 0.686. The molecular weight excluding hydrogens is 244 g/mol. The van der Waals surface area contributed by atoms with Gasteiger partial charge in [-0.2, -0.15) is 0 Å². The molecule has 1 aliphatic carbocycles. The molecule has 2 aromatic heterocycles. The molecule has 3 rings (SSSR count). The number of anilines is 1. The van der Waals surface area contributed by atoms with Crippen LogP contribution in [0.3, 0.4) is 0 Å². The fourth-order valence-electron chi connectivity index (χ4n) is 1.68. The molecule has 0 aromatic carbocycles. The van der Waals surface area contributed by atoms with Gasteiger partial charge in [0, 0.05) is 13.1 Å². The zero-order valence-electron chi connectivity index (χ0n) is 8.61. The van der Waals surface area contributed by atoms with Gasteiger partial charge in [0.05, 0.1) is 0 Å². The van der Waals surface area contributed by atoms with Gasteiger partial charge in [0.25, 0.3) is 5.56 Å². The van der Waals surface area contributed by atoms with Gasteiger partial charge in [-0.15, -0.1) is 0 Å². The summed E-state index contributed by atoms with van der Waals surface area (Å²) in [7, 11) is 1.78. The maximum Gasteiger partial charge on any atom is 0.274 e. The van der Waals surface area contributed by atoms with Crippen LogP contribution in [-0.2, 0) is 0 Å². The predicted molar refractivity (Wildman–Crippen MR) is 66.9 cm³/mol.